The summed E-state index contributed by atoms with van der Waals surface area (Å²) < 4.78 is 17.6. The summed E-state index contributed by atoms with van der Waals surface area (Å²) in [5, 5.41) is 8.68. The molecule has 114 valence electrons. The van der Waals surface area contributed by atoms with Crippen molar-refractivity contribution >= 4 is 17.8 Å². The van der Waals surface area contributed by atoms with Gasteiger partial charge in [0.05, 0.1) is 11.6 Å². The average Bonchev–Trinajstić information content (AvgIpc) is 2.59. The number of hydrogen-bond acceptors (Lipinski definition) is 4. The van der Waals surface area contributed by atoms with Crippen molar-refractivity contribution in [2.75, 3.05) is 6.61 Å². The maximum Gasteiger partial charge on any atom is 0.331 e. The number of carbonyl (C=O) groups is 2. The van der Waals surface area contributed by atoms with E-state index in [0.717, 1.165) is 5.56 Å². The lowest BCUT2D eigenvalue weighted by Crippen LogP contribution is -2.12. The highest BCUT2D eigenvalue weighted by molar-refractivity contribution is 5.98. The van der Waals surface area contributed by atoms with E-state index in [0.29, 0.717) is 5.56 Å². The molecule has 5 heteroatoms. The third kappa shape index (κ3) is 4.90. The first-order valence-electron chi connectivity index (χ1n) is 6.72. The quantitative estimate of drug-likeness (QED) is 0.483. The Morgan fingerprint density at radius 1 is 1.09 bits per heavy atom. The van der Waals surface area contributed by atoms with Crippen LogP contribution in [0.25, 0.3) is 6.08 Å². The van der Waals surface area contributed by atoms with E-state index >= 15 is 0 Å². The summed E-state index contributed by atoms with van der Waals surface area (Å²) in [4.78, 5) is 23.3. The van der Waals surface area contributed by atoms with Crippen LogP contribution in [0.4, 0.5) is 4.39 Å². The Labute approximate surface area is 132 Å². The van der Waals surface area contributed by atoms with Gasteiger partial charge in [-0.15, -0.1) is 0 Å². The number of halogens is 1. The number of rotatable bonds is 5. The number of ketones is 1. The number of benzene rings is 2. The summed E-state index contributed by atoms with van der Waals surface area (Å²) >= 11 is 0. The largest absolute Gasteiger partial charge is 0.454 e. The van der Waals surface area contributed by atoms with E-state index in [1.54, 1.807) is 24.3 Å². The summed E-state index contributed by atoms with van der Waals surface area (Å²) in [6.45, 7) is -0.415. The van der Waals surface area contributed by atoms with Gasteiger partial charge in [0.25, 0.3) is 0 Å². The highest BCUT2D eigenvalue weighted by Crippen LogP contribution is 2.06. The Morgan fingerprint density at radius 2 is 1.74 bits per heavy atom. The highest BCUT2D eigenvalue weighted by atomic mass is 19.1. The van der Waals surface area contributed by atoms with Crippen LogP contribution in [0.2, 0.25) is 0 Å². The van der Waals surface area contributed by atoms with Crippen LogP contribution in [0.1, 0.15) is 21.5 Å². The van der Waals surface area contributed by atoms with Crippen molar-refractivity contribution < 1.29 is 18.7 Å². The molecule has 0 aliphatic carbocycles. The number of ether oxygens (including phenoxy) is 1. The van der Waals surface area contributed by atoms with Gasteiger partial charge < -0.3 is 4.74 Å². The second-order valence-corrected chi connectivity index (χ2v) is 4.60. The van der Waals surface area contributed by atoms with E-state index in [1.165, 1.54) is 36.4 Å². The number of nitrogens with zero attached hydrogens (tertiary/aromatic N) is 1. The molecule has 0 saturated carbocycles. The minimum absolute atomic E-state index is 0.273. The predicted molar refractivity (Wildman–Crippen MR) is 81.9 cm³/mol. The molecule has 0 amide bonds. The van der Waals surface area contributed by atoms with Crippen LogP contribution in [0, 0.1) is 17.1 Å². The molecule has 2 aromatic rings. The van der Waals surface area contributed by atoms with Crippen LogP contribution in [0.5, 0.6) is 0 Å². The topological polar surface area (TPSA) is 67.2 Å². The Morgan fingerprint density at radius 3 is 2.35 bits per heavy atom. The average molecular weight is 309 g/mol. The molecule has 0 fully saturated rings. The van der Waals surface area contributed by atoms with Crippen molar-refractivity contribution in [3.05, 3.63) is 77.1 Å². The van der Waals surface area contributed by atoms with Crippen LogP contribution in [0.3, 0.4) is 0 Å². The SMILES string of the molecule is N#Cc1ccc(/C=C/C(=O)OCC(=O)c2ccc(F)cc2)cc1. The third-order valence-corrected chi connectivity index (χ3v) is 2.96. The standard InChI is InChI=1S/C18H12FNO3/c19-16-8-6-15(7-9-16)17(21)12-23-18(22)10-5-13-1-3-14(11-20)4-2-13/h1-10H,12H2/b10-5+. The van der Waals surface area contributed by atoms with E-state index in [2.05, 4.69) is 0 Å². The molecule has 0 saturated heterocycles. The summed E-state index contributed by atoms with van der Waals surface area (Å²) in [5.41, 5.74) is 1.52. The molecule has 0 radical (unpaired) electrons. The minimum atomic E-state index is -0.662. The van der Waals surface area contributed by atoms with E-state index in [1.807, 2.05) is 6.07 Å². The van der Waals surface area contributed by atoms with Crippen molar-refractivity contribution in [1.82, 2.24) is 0 Å². The van der Waals surface area contributed by atoms with Gasteiger partial charge in [-0.3, -0.25) is 4.79 Å². The van der Waals surface area contributed by atoms with Crippen molar-refractivity contribution in [3.8, 4) is 6.07 Å². The van der Waals surface area contributed by atoms with Gasteiger partial charge in [0, 0.05) is 11.6 Å². The lowest BCUT2D eigenvalue weighted by atomic mass is 10.1. The smallest absolute Gasteiger partial charge is 0.331 e. The molecule has 0 atom stereocenters. The Bertz CT molecular complexity index is 771. The zero-order valence-corrected chi connectivity index (χ0v) is 12.0. The molecular formula is C18H12FNO3. The van der Waals surface area contributed by atoms with Crippen LogP contribution < -0.4 is 0 Å². The number of nitriles is 1. The fourth-order valence-corrected chi connectivity index (χ4v) is 1.74. The highest BCUT2D eigenvalue weighted by Gasteiger charge is 2.08. The van der Waals surface area contributed by atoms with E-state index in [9.17, 15) is 14.0 Å². The van der Waals surface area contributed by atoms with Gasteiger partial charge in [0.1, 0.15) is 5.82 Å². The minimum Gasteiger partial charge on any atom is -0.454 e. The van der Waals surface area contributed by atoms with Crippen molar-refractivity contribution in [3.63, 3.8) is 0 Å². The van der Waals surface area contributed by atoms with Gasteiger partial charge in [0.15, 0.2) is 12.4 Å². The number of Topliss-reactive ketones (excluding diaryl/α,β-unsaturated/α-hetero) is 1. The molecule has 0 bridgehead atoms. The number of carbonyl (C=O) groups excluding carboxylic acids is 2. The van der Waals surface area contributed by atoms with Crippen LogP contribution in [0.15, 0.2) is 54.6 Å². The lowest BCUT2D eigenvalue weighted by molar-refractivity contribution is -0.136. The predicted octanol–water partition coefficient (Wildman–Crippen LogP) is 3.14. The monoisotopic (exact) mass is 309 g/mol. The molecule has 0 spiro atoms. The summed E-state index contributed by atoms with van der Waals surface area (Å²) in [5.74, 6) is -1.51. The maximum atomic E-state index is 12.7. The maximum absolute atomic E-state index is 12.7. The second-order valence-electron chi connectivity index (χ2n) is 4.60. The molecule has 0 aliphatic rings. The van der Waals surface area contributed by atoms with Crippen molar-refractivity contribution in [1.29, 1.82) is 5.26 Å². The summed E-state index contributed by atoms with van der Waals surface area (Å²) in [7, 11) is 0. The van der Waals surface area contributed by atoms with Crippen molar-refractivity contribution in [2.45, 2.75) is 0 Å². The Hall–Kier alpha value is -3.26. The van der Waals surface area contributed by atoms with E-state index in [-0.39, 0.29) is 5.56 Å². The molecular weight excluding hydrogens is 297 g/mol. The molecule has 2 rings (SSSR count). The zero-order valence-electron chi connectivity index (χ0n) is 12.0. The van der Waals surface area contributed by atoms with Crippen molar-refractivity contribution in [2.24, 2.45) is 0 Å². The molecule has 0 N–H and O–H groups in total. The van der Waals surface area contributed by atoms with Gasteiger partial charge in [-0.05, 0) is 48.0 Å². The van der Waals surface area contributed by atoms with Crippen LogP contribution in [-0.2, 0) is 9.53 Å². The first-order chi connectivity index (χ1) is 11.1. The van der Waals surface area contributed by atoms with Gasteiger partial charge >= 0.3 is 5.97 Å². The molecule has 0 aromatic heterocycles. The molecule has 23 heavy (non-hydrogen) atoms. The molecule has 2 aromatic carbocycles. The first-order valence-corrected chi connectivity index (χ1v) is 6.72. The number of hydrogen-bond donors (Lipinski definition) is 0. The lowest BCUT2D eigenvalue weighted by Gasteiger charge is -2.02. The fourth-order valence-electron chi connectivity index (χ4n) is 1.74. The second kappa shape index (κ2) is 7.66. The summed E-state index contributed by atoms with van der Waals surface area (Å²) in [6.07, 6.45) is 2.71. The molecule has 0 unspecified atom stereocenters. The Kier molecular flexibility index (Phi) is 5.37. The van der Waals surface area contributed by atoms with Gasteiger partial charge in [0.2, 0.25) is 0 Å². The third-order valence-electron chi connectivity index (χ3n) is 2.96. The van der Waals surface area contributed by atoms with Crippen LogP contribution >= 0.6 is 0 Å². The van der Waals surface area contributed by atoms with E-state index < -0.39 is 24.2 Å². The van der Waals surface area contributed by atoms with Crippen LogP contribution in [-0.4, -0.2) is 18.4 Å². The first kappa shape index (κ1) is 16.1. The normalized spacial score (nSPS) is 10.3. The van der Waals surface area contributed by atoms with E-state index in [4.69, 9.17) is 10.00 Å². The summed E-state index contributed by atoms with van der Waals surface area (Å²) in [6, 6.07) is 13.6. The molecule has 0 aliphatic heterocycles. The van der Waals surface area contributed by atoms with Gasteiger partial charge in [-0.2, -0.15) is 5.26 Å². The Balaban J connectivity index is 1.86. The fraction of sp³-hybridized carbons (Fsp3) is 0.0556. The van der Waals surface area contributed by atoms with Gasteiger partial charge in [-0.1, -0.05) is 12.1 Å². The molecule has 4 nitrogen and oxygen atoms in total. The number of esters is 1. The zero-order chi connectivity index (χ0) is 16.7. The van der Waals surface area contributed by atoms with Gasteiger partial charge in [-0.25, -0.2) is 9.18 Å². The molecule has 0 heterocycles.